The van der Waals surface area contributed by atoms with Crippen LogP contribution in [0, 0.1) is 0 Å². The molecule has 0 aromatic heterocycles. The van der Waals surface area contributed by atoms with Gasteiger partial charge in [-0.05, 0) is 32.0 Å². The lowest BCUT2D eigenvalue weighted by atomic mass is 10.3. The second-order valence-electron chi connectivity index (χ2n) is 3.90. The number of hydrogen-bond donors (Lipinski definition) is 2. The fraction of sp³-hybridized carbons (Fsp3) is 1.00. The van der Waals surface area contributed by atoms with E-state index in [0.29, 0.717) is 6.42 Å². The van der Waals surface area contributed by atoms with E-state index in [9.17, 15) is 5.11 Å². The molecule has 0 aromatic rings. The van der Waals surface area contributed by atoms with Crippen molar-refractivity contribution < 1.29 is 14.0 Å². The van der Waals surface area contributed by atoms with Crippen molar-refractivity contribution in [1.29, 1.82) is 0 Å². The third kappa shape index (κ3) is 7.02. The highest BCUT2D eigenvalue weighted by atomic mass is 28.4. The average molecular weight is 235 g/mol. The molecule has 0 aliphatic heterocycles. The highest BCUT2D eigenvalue weighted by Gasteiger charge is 2.28. The van der Waals surface area contributed by atoms with Crippen LogP contribution in [0.4, 0.5) is 0 Å². The van der Waals surface area contributed by atoms with Crippen molar-refractivity contribution in [1.82, 2.24) is 5.32 Å². The van der Waals surface area contributed by atoms with Gasteiger partial charge in [0.05, 0.1) is 0 Å². The molecule has 0 spiro atoms. The lowest BCUT2D eigenvalue weighted by Gasteiger charge is -2.24. The van der Waals surface area contributed by atoms with E-state index in [1.807, 2.05) is 6.55 Å². The zero-order chi connectivity index (χ0) is 11.7. The van der Waals surface area contributed by atoms with Crippen molar-refractivity contribution in [2.24, 2.45) is 0 Å². The van der Waals surface area contributed by atoms with Crippen molar-refractivity contribution in [3.8, 4) is 0 Å². The summed E-state index contributed by atoms with van der Waals surface area (Å²) in [7, 11) is 1.34. The monoisotopic (exact) mass is 235 g/mol. The molecule has 0 amide bonds. The summed E-state index contributed by atoms with van der Waals surface area (Å²) in [4.78, 5) is 0. The van der Waals surface area contributed by atoms with E-state index in [4.69, 9.17) is 8.85 Å². The molecule has 4 nitrogen and oxygen atoms in total. The van der Waals surface area contributed by atoms with Gasteiger partial charge >= 0.3 is 8.56 Å². The van der Waals surface area contributed by atoms with Crippen molar-refractivity contribution >= 4 is 8.56 Å². The van der Waals surface area contributed by atoms with Gasteiger partial charge in [-0.3, -0.25) is 5.32 Å². The summed E-state index contributed by atoms with van der Waals surface area (Å²) >= 11 is 0. The molecule has 0 aromatic carbocycles. The maximum absolute atomic E-state index is 9.63. The van der Waals surface area contributed by atoms with E-state index in [1.54, 1.807) is 14.2 Å². The fourth-order valence-corrected chi connectivity index (χ4v) is 2.61. The third-order valence-corrected chi connectivity index (χ3v) is 5.57. The molecule has 2 N–H and O–H groups in total. The molecule has 92 valence electrons. The number of nitrogens with one attached hydrogen (secondary N) is 1. The van der Waals surface area contributed by atoms with Gasteiger partial charge in [-0.25, -0.2) is 0 Å². The van der Waals surface area contributed by atoms with Gasteiger partial charge in [0, 0.05) is 14.2 Å². The highest BCUT2D eigenvalue weighted by molar-refractivity contribution is 6.65. The number of aliphatic hydroxyl groups excluding tert-OH is 1. The second-order valence-corrected chi connectivity index (χ2v) is 7.49. The molecule has 0 aliphatic rings. The predicted molar refractivity (Wildman–Crippen MR) is 64.0 cm³/mol. The summed E-state index contributed by atoms with van der Waals surface area (Å²) in [6, 6.07) is 0.806. The summed E-state index contributed by atoms with van der Waals surface area (Å²) in [6.07, 6.45) is 2.49. The van der Waals surface area contributed by atoms with Gasteiger partial charge in [-0.2, -0.15) is 0 Å². The first-order valence-corrected chi connectivity index (χ1v) is 8.12. The Kier molecular flexibility index (Phi) is 8.27. The van der Waals surface area contributed by atoms with Crippen LogP contribution in [-0.2, 0) is 8.85 Å². The molecular formula is C10H25NO3Si. The van der Waals surface area contributed by atoms with Gasteiger partial charge in [-0.15, -0.1) is 0 Å². The van der Waals surface area contributed by atoms with Crippen LogP contribution in [0.15, 0.2) is 0 Å². The summed E-state index contributed by atoms with van der Waals surface area (Å²) in [5.74, 6) is 0. The Morgan fingerprint density at radius 1 is 1.33 bits per heavy atom. The molecule has 0 aliphatic carbocycles. The average Bonchev–Trinajstić information content (AvgIpc) is 2.26. The smallest absolute Gasteiger partial charge is 0.334 e. The standard InChI is InChI=1S/C10H25NO3Si/c1-5-6-8-11-10(12)7-9-15(4,13-2)14-3/h10-12H,5-9H2,1-4H3. The van der Waals surface area contributed by atoms with E-state index < -0.39 is 14.8 Å². The van der Waals surface area contributed by atoms with Crippen molar-refractivity contribution in [2.75, 3.05) is 20.8 Å². The molecule has 0 saturated carbocycles. The van der Waals surface area contributed by atoms with Crippen LogP contribution < -0.4 is 5.32 Å². The van der Waals surface area contributed by atoms with Crippen LogP contribution in [0.3, 0.4) is 0 Å². The van der Waals surface area contributed by atoms with Crippen LogP contribution in [-0.4, -0.2) is 40.7 Å². The number of rotatable bonds is 9. The lowest BCUT2D eigenvalue weighted by Crippen LogP contribution is -2.39. The quantitative estimate of drug-likeness (QED) is 0.361. The normalized spacial score (nSPS) is 14.2. The third-order valence-electron chi connectivity index (χ3n) is 2.65. The summed E-state index contributed by atoms with van der Waals surface area (Å²) in [5, 5.41) is 12.7. The van der Waals surface area contributed by atoms with Gasteiger partial charge in [0.15, 0.2) is 0 Å². The molecule has 0 bridgehead atoms. The van der Waals surface area contributed by atoms with Gasteiger partial charge in [0.25, 0.3) is 0 Å². The zero-order valence-electron chi connectivity index (χ0n) is 10.4. The van der Waals surface area contributed by atoms with Crippen molar-refractivity contribution in [3.63, 3.8) is 0 Å². The Labute approximate surface area is 94.2 Å². The summed E-state index contributed by atoms with van der Waals surface area (Å²) in [5.41, 5.74) is 0. The van der Waals surface area contributed by atoms with Gasteiger partial charge in [-0.1, -0.05) is 13.3 Å². The first-order chi connectivity index (χ1) is 7.08. The SMILES string of the molecule is CCCCNC(O)CC[Si](C)(OC)OC. The molecule has 5 heteroatoms. The molecule has 0 saturated heterocycles. The Morgan fingerprint density at radius 3 is 2.40 bits per heavy atom. The Bertz CT molecular complexity index is 154. The van der Waals surface area contributed by atoms with Crippen LogP contribution >= 0.6 is 0 Å². The Morgan fingerprint density at radius 2 is 1.93 bits per heavy atom. The molecule has 0 radical (unpaired) electrons. The first kappa shape index (κ1) is 15.1. The zero-order valence-corrected chi connectivity index (χ0v) is 11.4. The summed E-state index contributed by atoms with van der Waals surface area (Å²) < 4.78 is 10.7. The summed E-state index contributed by atoms with van der Waals surface area (Å²) in [6.45, 7) is 5.01. The molecule has 1 unspecified atom stereocenters. The second kappa shape index (κ2) is 8.24. The van der Waals surface area contributed by atoms with E-state index in [-0.39, 0.29) is 0 Å². The fourth-order valence-electron chi connectivity index (χ4n) is 1.23. The highest BCUT2D eigenvalue weighted by Crippen LogP contribution is 2.14. The number of aliphatic hydroxyl groups is 1. The van der Waals surface area contributed by atoms with Gasteiger partial charge in [0.2, 0.25) is 0 Å². The van der Waals surface area contributed by atoms with E-state index >= 15 is 0 Å². The largest absolute Gasteiger partial charge is 0.398 e. The minimum Gasteiger partial charge on any atom is -0.398 e. The van der Waals surface area contributed by atoms with Gasteiger partial charge < -0.3 is 14.0 Å². The van der Waals surface area contributed by atoms with Crippen molar-refractivity contribution in [2.45, 2.75) is 45.0 Å². The predicted octanol–water partition coefficient (Wildman–Crippen LogP) is 1.45. The molecule has 0 fully saturated rings. The van der Waals surface area contributed by atoms with Crippen molar-refractivity contribution in [3.05, 3.63) is 0 Å². The van der Waals surface area contributed by atoms with Crippen LogP contribution in [0.5, 0.6) is 0 Å². The molecule has 15 heavy (non-hydrogen) atoms. The van der Waals surface area contributed by atoms with Gasteiger partial charge in [0.1, 0.15) is 6.23 Å². The van der Waals surface area contributed by atoms with E-state index in [0.717, 1.165) is 25.4 Å². The van der Waals surface area contributed by atoms with E-state index in [1.165, 1.54) is 0 Å². The first-order valence-electron chi connectivity index (χ1n) is 5.59. The van der Waals surface area contributed by atoms with Crippen LogP contribution in [0.1, 0.15) is 26.2 Å². The Hall–Kier alpha value is 0.0569. The Balaban J connectivity index is 3.64. The van der Waals surface area contributed by atoms with E-state index in [2.05, 4.69) is 12.2 Å². The van der Waals surface area contributed by atoms with Crippen LogP contribution in [0.25, 0.3) is 0 Å². The number of hydrogen-bond acceptors (Lipinski definition) is 4. The molecule has 0 rings (SSSR count). The topological polar surface area (TPSA) is 50.7 Å². The molecule has 0 heterocycles. The lowest BCUT2D eigenvalue weighted by molar-refractivity contribution is 0.127. The maximum atomic E-state index is 9.63. The molecular weight excluding hydrogens is 210 g/mol. The maximum Gasteiger partial charge on any atom is 0.334 e. The van der Waals surface area contributed by atoms with Crippen LogP contribution in [0.2, 0.25) is 12.6 Å². The number of unbranched alkanes of at least 4 members (excludes halogenated alkanes) is 1. The minimum absolute atomic E-state index is 0.436. The molecule has 1 atom stereocenters. The minimum atomic E-state index is -2.01.